The Hall–Kier alpha value is -0.680. The molecule has 0 aliphatic heterocycles. The van der Waals surface area contributed by atoms with Crippen LogP contribution < -0.4 is 0 Å². The van der Waals surface area contributed by atoms with Gasteiger partial charge < -0.3 is 0 Å². The third kappa shape index (κ3) is 2.44. The Morgan fingerprint density at radius 3 is 2.91 bits per heavy atom. The first-order valence-corrected chi connectivity index (χ1v) is 4.30. The summed E-state index contributed by atoms with van der Waals surface area (Å²) in [5.41, 5.74) is 0.815. The first kappa shape index (κ1) is 8.42. The number of carbonyl (C=O) groups excluding carboxylic acids is 1. The van der Waals surface area contributed by atoms with Gasteiger partial charge in [-0.3, -0.25) is 4.79 Å². The third-order valence-electron chi connectivity index (χ3n) is 1.53. The van der Waals surface area contributed by atoms with Gasteiger partial charge in [-0.2, -0.15) is 0 Å². The topological polar surface area (TPSA) is 17.1 Å². The summed E-state index contributed by atoms with van der Waals surface area (Å²) in [5.74, 6) is 1.78. The van der Waals surface area contributed by atoms with Crippen molar-refractivity contribution >= 4 is 15.0 Å². The summed E-state index contributed by atoms with van der Waals surface area (Å²) in [6, 6.07) is 0. The van der Waals surface area contributed by atoms with Gasteiger partial charge in [0.15, 0.2) is 5.78 Å². The molecule has 0 N–H and O–H groups in total. The molecule has 0 fully saturated rings. The summed E-state index contributed by atoms with van der Waals surface area (Å²) < 4.78 is 0. The maximum atomic E-state index is 11.2. The highest BCUT2D eigenvalue weighted by atomic mass is 31.0. The van der Waals surface area contributed by atoms with E-state index in [0.29, 0.717) is 0 Å². The highest BCUT2D eigenvalue weighted by Gasteiger charge is 2.02. The van der Waals surface area contributed by atoms with E-state index in [-0.39, 0.29) is 5.78 Å². The van der Waals surface area contributed by atoms with Crippen LogP contribution in [-0.2, 0) is 4.79 Å². The second-order valence-electron chi connectivity index (χ2n) is 2.36. The zero-order chi connectivity index (χ0) is 8.10. The molecule has 0 heterocycles. The first-order valence-electron chi connectivity index (χ1n) is 3.64. The van der Waals surface area contributed by atoms with E-state index in [2.05, 4.69) is 9.24 Å². The Kier molecular flexibility index (Phi) is 3.25. The Morgan fingerprint density at radius 2 is 2.36 bits per heavy atom. The fraction of sp³-hybridized carbons (Fsp3) is 0.222. The molecule has 0 spiro atoms. The van der Waals surface area contributed by atoms with Crippen LogP contribution in [0.5, 0.6) is 0 Å². The molecule has 58 valence electrons. The second kappa shape index (κ2) is 4.25. The zero-order valence-corrected chi connectivity index (χ0v) is 7.44. The molecule has 1 aliphatic rings. The first-order chi connectivity index (χ1) is 5.34. The number of hydrogen-bond acceptors (Lipinski definition) is 1. The van der Waals surface area contributed by atoms with Gasteiger partial charge in [-0.05, 0) is 18.9 Å². The molecule has 0 saturated carbocycles. The molecule has 1 nitrogen and oxygen atoms in total. The molecule has 2 heteroatoms. The maximum absolute atomic E-state index is 11.2. The van der Waals surface area contributed by atoms with Gasteiger partial charge >= 0.3 is 0 Å². The fourth-order valence-corrected chi connectivity index (χ4v) is 1.15. The summed E-state index contributed by atoms with van der Waals surface area (Å²) in [6.07, 6.45) is 9.50. The standard InChI is InChI=1S/C9H11OP/c10-9(6-7-11)8-4-2-1-3-5-8/h2,4-7H,1,3,11H2/b7-6-. The van der Waals surface area contributed by atoms with Gasteiger partial charge in [0.2, 0.25) is 0 Å². The molecule has 0 amide bonds. The van der Waals surface area contributed by atoms with Gasteiger partial charge in [-0.15, -0.1) is 9.24 Å². The van der Waals surface area contributed by atoms with Crippen LogP contribution in [0.4, 0.5) is 0 Å². The molecule has 0 radical (unpaired) electrons. The van der Waals surface area contributed by atoms with Crippen LogP contribution in [0.3, 0.4) is 0 Å². The van der Waals surface area contributed by atoms with Gasteiger partial charge in [0.1, 0.15) is 0 Å². The number of ketones is 1. The van der Waals surface area contributed by atoms with Crippen LogP contribution in [0.1, 0.15) is 12.8 Å². The molecule has 0 aromatic rings. The van der Waals surface area contributed by atoms with Crippen molar-refractivity contribution < 1.29 is 4.79 Å². The molecule has 0 aromatic carbocycles. The average molecular weight is 166 g/mol. The minimum absolute atomic E-state index is 0.0935. The van der Waals surface area contributed by atoms with Crippen molar-refractivity contribution in [3.8, 4) is 0 Å². The summed E-state index contributed by atoms with van der Waals surface area (Å²) in [5, 5.41) is 0. The Labute approximate surface area is 69.1 Å². The van der Waals surface area contributed by atoms with E-state index in [1.807, 2.05) is 18.2 Å². The Morgan fingerprint density at radius 1 is 1.55 bits per heavy atom. The second-order valence-corrected chi connectivity index (χ2v) is 2.75. The molecule has 0 aromatic heterocycles. The maximum Gasteiger partial charge on any atom is 0.185 e. The predicted octanol–water partition coefficient (Wildman–Crippen LogP) is 2.22. The summed E-state index contributed by atoms with van der Waals surface area (Å²) in [6.45, 7) is 0. The predicted molar refractivity (Wildman–Crippen MR) is 50.3 cm³/mol. The summed E-state index contributed by atoms with van der Waals surface area (Å²) in [4.78, 5) is 11.2. The van der Waals surface area contributed by atoms with Crippen molar-refractivity contribution in [2.75, 3.05) is 0 Å². The van der Waals surface area contributed by atoms with E-state index in [9.17, 15) is 4.79 Å². The molecule has 1 rings (SSSR count). The van der Waals surface area contributed by atoms with Gasteiger partial charge in [0, 0.05) is 5.57 Å². The van der Waals surface area contributed by atoms with Crippen LogP contribution in [0.25, 0.3) is 0 Å². The van der Waals surface area contributed by atoms with E-state index in [4.69, 9.17) is 0 Å². The van der Waals surface area contributed by atoms with Crippen molar-refractivity contribution in [1.29, 1.82) is 0 Å². The zero-order valence-electron chi connectivity index (χ0n) is 6.29. The van der Waals surface area contributed by atoms with Crippen LogP contribution in [0.15, 0.2) is 35.7 Å². The number of hydrogen-bond donors (Lipinski definition) is 0. The lowest BCUT2D eigenvalue weighted by Crippen LogP contribution is -1.97. The number of allylic oxidation sites excluding steroid dienone is 5. The number of carbonyl (C=O) groups is 1. The number of rotatable bonds is 2. The Balaban J connectivity index is 2.67. The molecule has 1 unspecified atom stereocenters. The van der Waals surface area contributed by atoms with E-state index >= 15 is 0 Å². The fourth-order valence-electron chi connectivity index (χ4n) is 0.980. The van der Waals surface area contributed by atoms with Crippen LogP contribution >= 0.6 is 9.24 Å². The lowest BCUT2D eigenvalue weighted by atomic mass is 10.0. The van der Waals surface area contributed by atoms with Crippen molar-refractivity contribution in [1.82, 2.24) is 0 Å². The highest BCUT2D eigenvalue weighted by molar-refractivity contribution is 7.20. The van der Waals surface area contributed by atoms with E-state index in [1.54, 1.807) is 11.9 Å². The summed E-state index contributed by atoms with van der Waals surface area (Å²) in [7, 11) is 2.39. The van der Waals surface area contributed by atoms with E-state index < -0.39 is 0 Å². The Bertz CT molecular complexity index is 236. The molecule has 1 aliphatic carbocycles. The lowest BCUT2D eigenvalue weighted by molar-refractivity contribution is -0.111. The van der Waals surface area contributed by atoms with Gasteiger partial charge in [0.05, 0.1) is 0 Å². The molecular weight excluding hydrogens is 155 g/mol. The largest absolute Gasteiger partial charge is 0.289 e. The highest BCUT2D eigenvalue weighted by Crippen LogP contribution is 2.10. The average Bonchev–Trinajstić information content (AvgIpc) is 2.07. The third-order valence-corrected chi connectivity index (χ3v) is 1.72. The molecule has 11 heavy (non-hydrogen) atoms. The summed E-state index contributed by atoms with van der Waals surface area (Å²) >= 11 is 0. The SMILES string of the molecule is O=C(/C=C\P)C1=CCCC=C1. The quantitative estimate of drug-likeness (QED) is 0.454. The smallest absolute Gasteiger partial charge is 0.185 e. The van der Waals surface area contributed by atoms with Crippen LogP contribution in [0, 0.1) is 0 Å². The van der Waals surface area contributed by atoms with Crippen molar-refractivity contribution in [2.24, 2.45) is 0 Å². The van der Waals surface area contributed by atoms with E-state index in [1.165, 1.54) is 0 Å². The molecule has 1 atom stereocenters. The van der Waals surface area contributed by atoms with Crippen LogP contribution in [0.2, 0.25) is 0 Å². The van der Waals surface area contributed by atoms with E-state index in [0.717, 1.165) is 18.4 Å². The van der Waals surface area contributed by atoms with Gasteiger partial charge in [-0.1, -0.05) is 24.0 Å². The van der Waals surface area contributed by atoms with Crippen LogP contribution in [-0.4, -0.2) is 5.78 Å². The van der Waals surface area contributed by atoms with Crippen molar-refractivity contribution in [3.05, 3.63) is 35.7 Å². The lowest BCUT2D eigenvalue weighted by Gasteiger charge is -2.01. The molecular formula is C9H11OP. The molecule has 0 bridgehead atoms. The normalized spacial score (nSPS) is 17.0. The minimum Gasteiger partial charge on any atom is -0.289 e. The van der Waals surface area contributed by atoms with Gasteiger partial charge in [0.25, 0.3) is 0 Å². The van der Waals surface area contributed by atoms with Gasteiger partial charge in [-0.25, -0.2) is 0 Å². The van der Waals surface area contributed by atoms with Crippen molar-refractivity contribution in [3.63, 3.8) is 0 Å². The molecule has 0 saturated heterocycles. The minimum atomic E-state index is 0.0935. The van der Waals surface area contributed by atoms with Crippen molar-refractivity contribution in [2.45, 2.75) is 12.8 Å². The monoisotopic (exact) mass is 166 g/mol.